The number of rotatable bonds is 6. The normalized spacial score (nSPS) is 12.7. The lowest BCUT2D eigenvalue weighted by atomic mass is 10.1. The number of fused-ring (bicyclic) bond motifs is 14. The van der Waals surface area contributed by atoms with Crippen molar-refractivity contribution < 1.29 is 8.83 Å². The maximum atomic E-state index is 6.93. The minimum atomic E-state index is 0.346. The number of nitrogens with zero attached hydrogens (tertiary/aromatic N) is 5. The second-order valence-electron chi connectivity index (χ2n) is 16.1. The van der Waals surface area contributed by atoms with Gasteiger partial charge >= 0.3 is 0 Å². The summed E-state index contributed by atoms with van der Waals surface area (Å²) in [6, 6.07) is 64.2. The van der Waals surface area contributed by atoms with E-state index in [1.807, 2.05) is 79.0 Å². The lowest BCUT2D eigenvalue weighted by Gasteiger charge is -2.16. The molecule has 8 heteroatoms. The molecule has 64 heavy (non-hydrogen) atoms. The highest BCUT2D eigenvalue weighted by molar-refractivity contribution is 6.25. The summed E-state index contributed by atoms with van der Waals surface area (Å²) >= 11 is 0. The highest BCUT2D eigenvalue weighted by Crippen LogP contribution is 2.43. The molecule has 0 saturated heterocycles. The van der Waals surface area contributed by atoms with Crippen LogP contribution in [0.1, 0.15) is 16.7 Å². The Morgan fingerprint density at radius 3 is 1.64 bits per heavy atom. The average molecular weight is 825 g/mol. The summed E-state index contributed by atoms with van der Waals surface area (Å²) < 4.78 is 17.8. The number of nitrogens with two attached hydrogens (primary N) is 1. The highest BCUT2D eigenvalue weighted by Gasteiger charge is 2.25. The monoisotopic (exact) mass is 824 g/mol. The molecule has 13 rings (SSSR count). The Morgan fingerprint density at radius 1 is 0.500 bits per heavy atom. The van der Waals surface area contributed by atoms with Gasteiger partial charge in [-0.2, -0.15) is 0 Å². The fourth-order valence-corrected chi connectivity index (χ4v) is 9.61. The van der Waals surface area contributed by atoms with E-state index in [4.69, 9.17) is 29.5 Å². The summed E-state index contributed by atoms with van der Waals surface area (Å²) in [6.07, 6.45) is 1.95. The zero-order valence-corrected chi connectivity index (χ0v) is 34.3. The Kier molecular flexibility index (Phi) is 7.95. The third-order valence-electron chi connectivity index (χ3n) is 12.5. The molecule has 0 fully saturated rings. The van der Waals surface area contributed by atoms with Crippen LogP contribution in [-0.4, -0.2) is 25.8 Å². The van der Waals surface area contributed by atoms with Crippen LogP contribution < -0.4 is 5.73 Å². The van der Waals surface area contributed by atoms with Gasteiger partial charge in [-0.15, -0.1) is 0 Å². The molecular formula is C56H36N6O2. The Morgan fingerprint density at radius 2 is 1.02 bits per heavy atom. The molecule has 13 aromatic rings. The molecule has 0 radical (unpaired) electrons. The predicted molar refractivity (Wildman–Crippen MR) is 261 cm³/mol. The molecule has 0 atom stereocenters. The molecule has 8 nitrogen and oxygen atoms in total. The number of furan rings is 2. The minimum Gasteiger partial charge on any atom is -0.455 e. The summed E-state index contributed by atoms with van der Waals surface area (Å²) in [6.45, 7) is 0.373. The fraction of sp³-hybridized carbons (Fsp3) is 0.0179. The molecule has 2 N–H and O–H groups in total. The minimum absolute atomic E-state index is 0.346. The standard InChI is InChI=1S/C56H36N6O2/c57-54(35-17-5-2-6-18-35)60-55(58-32-34-15-3-1-4-16-34)43-31-36(61-44-23-11-7-21-41(44)50-46(61)29-27-39-37-19-9-13-25-48(37)63-52(39)50)33-59-56(43)62-45-24-12-8-22-42(45)51-47(62)30-28-40-38-20-10-14-26-49(38)64-53(40)51/h1-31,33H,32H2,(H2,57,58,60). The lowest BCUT2D eigenvalue weighted by Crippen LogP contribution is -2.18. The van der Waals surface area contributed by atoms with Gasteiger partial charge in [-0.05, 0) is 60.2 Å². The molecular weight excluding hydrogens is 789 g/mol. The van der Waals surface area contributed by atoms with Crippen molar-refractivity contribution in [3.63, 3.8) is 0 Å². The van der Waals surface area contributed by atoms with Crippen molar-refractivity contribution in [3.05, 3.63) is 211 Å². The smallest absolute Gasteiger partial charge is 0.161 e. The van der Waals surface area contributed by atoms with Crippen molar-refractivity contribution in [2.75, 3.05) is 0 Å². The van der Waals surface area contributed by atoms with E-state index in [1.165, 1.54) is 0 Å². The zero-order valence-electron chi connectivity index (χ0n) is 34.3. The van der Waals surface area contributed by atoms with E-state index < -0.39 is 0 Å². The van der Waals surface area contributed by atoms with Crippen molar-refractivity contribution in [1.82, 2.24) is 14.1 Å². The number of hydrogen-bond acceptors (Lipinski definition) is 4. The van der Waals surface area contributed by atoms with Crippen LogP contribution in [-0.2, 0) is 6.54 Å². The van der Waals surface area contributed by atoms with Gasteiger partial charge in [0.25, 0.3) is 0 Å². The summed E-state index contributed by atoms with van der Waals surface area (Å²) in [5.74, 6) is 1.45. The quantitative estimate of drug-likeness (QED) is 0.133. The molecule has 0 unspecified atom stereocenters. The Bertz CT molecular complexity index is 4060. The molecule has 302 valence electrons. The first-order valence-corrected chi connectivity index (χ1v) is 21.3. The van der Waals surface area contributed by atoms with E-state index in [0.29, 0.717) is 29.6 Å². The molecule has 0 aliphatic carbocycles. The van der Waals surface area contributed by atoms with E-state index in [-0.39, 0.29) is 0 Å². The predicted octanol–water partition coefficient (Wildman–Crippen LogP) is 13.4. The van der Waals surface area contributed by atoms with Crippen molar-refractivity contribution in [1.29, 1.82) is 0 Å². The second-order valence-corrected chi connectivity index (χ2v) is 16.1. The van der Waals surface area contributed by atoms with E-state index in [1.54, 1.807) is 0 Å². The topological polar surface area (TPSA) is 99.8 Å². The maximum absolute atomic E-state index is 6.93. The molecule has 5 heterocycles. The first kappa shape index (κ1) is 36.0. The molecule has 0 aliphatic rings. The summed E-state index contributed by atoms with van der Waals surface area (Å²) in [5.41, 5.74) is 17.6. The summed E-state index contributed by atoms with van der Waals surface area (Å²) in [4.78, 5) is 16.0. The Balaban J connectivity index is 1.13. The van der Waals surface area contributed by atoms with Crippen molar-refractivity contribution >= 4 is 99.2 Å². The van der Waals surface area contributed by atoms with Crippen LogP contribution >= 0.6 is 0 Å². The van der Waals surface area contributed by atoms with Gasteiger partial charge in [-0.25, -0.2) is 9.98 Å². The molecule has 0 spiro atoms. The fourth-order valence-electron chi connectivity index (χ4n) is 9.61. The molecule has 0 saturated carbocycles. The molecule has 0 aliphatic heterocycles. The average Bonchev–Trinajstić information content (AvgIpc) is 4.11. The van der Waals surface area contributed by atoms with Crippen LogP contribution in [0.15, 0.2) is 213 Å². The molecule has 5 aromatic heterocycles. The number of para-hydroxylation sites is 4. The molecule has 0 bridgehead atoms. The van der Waals surface area contributed by atoms with Gasteiger partial charge in [-0.3, -0.25) is 9.56 Å². The maximum Gasteiger partial charge on any atom is 0.161 e. The van der Waals surface area contributed by atoms with E-state index in [9.17, 15) is 0 Å². The second kappa shape index (κ2) is 14.2. The van der Waals surface area contributed by atoms with Gasteiger partial charge in [0, 0.05) is 37.9 Å². The summed E-state index contributed by atoms with van der Waals surface area (Å²) in [7, 11) is 0. The van der Waals surface area contributed by atoms with Gasteiger partial charge in [-0.1, -0.05) is 133 Å². The Hall–Kier alpha value is -8.75. The van der Waals surface area contributed by atoms with E-state index >= 15 is 0 Å². The van der Waals surface area contributed by atoms with Gasteiger partial charge in [0.1, 0.15) is 34.0 Å². The molecule has 8 aromatic carbocycles. The highest BCUT2D eigenvalue weighted by atomic mass is 16.3. The van der Waals surface area contributed by atoms with E-state index in [2.05, 4.69) is 124 Å². The third kappa shape index (κ3) is 5.45. The first-order valence-electron chi connectivity index (χ1n) is 21.3. The summed E-state index contributed by atoms with van der Waals surface area (Å²) in [5, 5.41) is 8.47. The number of aliphatic imine (C=N–C) groups is 2. The van der Waals surface area contributed by atoms with Crippen LogP contribution in [0, 0.1) is 0 Å². The lowest BCUT2D eigenvalue weighted by molar-refractivity contribution is 0.672. The van der Waals surface area contributed by atoms with Crippen molar-refractivity contribution in [2.45, 2.75) is 6.54 Å². The van der Waals surface area contributed by atoms with Crippen LogP contribution in [0.25, 0.3) is 99.0 Å². The largest absolute Gasteiger partial charge is 0.455 e. The van der Waals surface area contributed by atoms with Crippen LogP contribution in [0.4, 0.5) is 0 Å². The number of amidine groups is 2. The van der Waals surface area contributed by atoms with Gasteiger partial charge in [0.05, 0.1) is 56.8 Å². The Labute approximate surface area is 365 Å². The van der Waals surface area contributed by atoms with Gasteiger partial charge in [0.2, 0.25) is 0 Å². The third-order valence-corrected chi connectivity index (χ3v) is 12.5. The number of hydrogen-bond donors (Lipinski definition) is 1. The van der Waals surface area contributed by atoms with Gasteiger partial charge < -0.3 is 19.1 Å². The number of benzene rings is 8. The van der Waals surface area contributed by atoms with Gasteiger partial charge in [0.15, 0.2) is 5.84 Å². The van der Waals surface area contributed by atoms with Crippen molar-refractivity contribution in [2.24, 2.45) is 15.7 Å². The number of pyridine rings is 1. The molecule has 0 amide bonds. The van der Waals surface area contributed by atoms with Crippen LogP contribution in [0.2, 0.25) is 0 Å². The first-order chi connectivity index (χ1) is 31.7. The van der Waals surface area contributed by atoms with E-state index in [0.717, 1.165) is 104 Å². The van der Waals surface area contributed by atoms with Crippen molar-refractivity contribution in [3.8, 4) is 11.5 Å². The zero-order chi connectivity index (χ0) is 42.3. The van der Waals surface area contributed by atoms with Crippen LogP contribution in [0.3, 0.4) is 0 Å². The van der Waals surface area contributed by atoms with Crippen LogP contribution in [0.5, 0.6) is 0 Å². The number of aromatic nitrogens is 3. The SMILES string of the molecule is NC(=NC(=NCc1ccccc1)c1cc(-n2c3ccccc3c3c4oc5ccccc5c4ccc32)cnc1-n1c2ccccc2c2c3oc4ccccc4c3ccc21)c1ccccc1.